The summed E-state index contributed by atoms with van der Waals surface area (Å²) in [6, 6.07) is 7.43. The second kappa shape index (κ2) is 8.43. The van der Waals surface area contributed by atoms with Gasteiger partial charge >= 0.3 is 0 Å². The van der Waals surface area contributed by atoms with Crippen LogP contribution >= 0.6 is 12.4 Å². The fourth-order valence-corrected chi connectivity index (χ4v) is 2.73. The first-order valence-corrected chi connectivity index (χ1v) is 7.74. The van der Waals surface area contributed by atoms with Crippen LogP contribution in [0.3, 0.4) is 0 Å². The van der Waals surface area contributed by atoms with E-state index < -0.39 is 11.4 Å². The highest BCUT2D eigenvalue weighted by Crippen LogP contribution is 2.31. The molecule has 0 saturated carbocycles. The molecule has 2 heterocycles. The Morgan fingerprint density at radius 1 is 1.23 bits per heavy atom. The van der Waals surface area contributed by atoms with E-state index in [4.69, 9.17) is 10.00 Å². The molecule has 3 rings (SSSR count). The predicted octanol–water partition coefficient (Wildman–Crippen LogP) is 1.87. The number of aromatic nitrogens is 2. The van der Waals surface area contributed by atoms with Gasteiger partial charge in [0.25, 0.3) is 5.56 Å². The third kappa shape index (κ3) is 3.83. The third-order valence-corrected chi connectivity index (χ3v) is 3.99. The Hall–Kier alpha value is -2.94. The lowest BCUT2D eigenvalue weighted by Crippen LogP contribution is -2.34. The molecule has 0 radical (unpaired) electrons. The molecular weight excluding hydrogens is 361 g/mol. The van der Waals surface area contributed by atoms with Crippen molar-refractivity contribution in [3.63, 3.8) is 0 Å². The van der Waals surface area contributed by atoms with E-state index in [0.29, 0.717) is 0 Å². The number of ether oxygens (including phenoxy) is 1. The number of nitrogens with zero attached hydrogens (tertiary/aromatic N) is 3. The van der Waals surface area contributed by atoms with Gasteiger partial charge in [-0.15, -0.1) is 12.4 Å². The minimum atomic E-state index is -0.748. The first kappa shape index (κ1) is 19.4. The lowest BCUT2D eigenvalue weighted by molar-refractivity contribution is 0.161. The number of benzene rings is 1. The SMILES string of the molecule is Cl.N#Cc1ccc(-c2c(OC3CCNCC3)c(C#N)n[nH]c2=O)cc1F. The number of H-pyrrole nitrogens is 1. The zero-order valence-corrected chi connectivity index (χ0v) is 14.4. The van der Waals surface area contributed by atoms with Crippen molar-refractivity contribution in [1.82, 2.24) is 15.5 Å². The van der Waals surface area contributed by atoms with Crippen LogP contribution in [0.25, 0.3) is 11.1 Å². The normalized spacial score (nSPS) is 14.0. The highest BCUT2D eigenvalue weighted by atomic mass is 35.5. The summed E-state index contributed by atoms with van der Waals surface area (Å²) in [6.07, 6.45) is 1.27. The maximum absolute atomic E-state index is 14.0. The zero-order chi connectivity index (χ0) is 17.8. The molecule has 0 aliphatic carbocycles. The third-order valence-electron chi connectivity index (χ3n) is 3.99. The number of hydrogen-bond donors (Lipinski definition) is 2. The molecule has 0 atom stereocenters. The Morgan fingerprint density at radius 3 is 2.58 bits per heavy atom. The number of piperidine rings is 1. The Balaban J connectivity index is 0.00000243. The summed E-state index contributed by atoms with van der Waals surface area (Å²) >= 11 is 0. The summed E-state index contributed by atoms with van der Waals surface area (Å²) in [5.74, 6) is -0.704. The molecule has 7 nitrogen and oxygen atoms in total. The second-order valence-corrected chi connectivity index (χ2v) is 5.59. The molecule has 1 aromatic carbocycles. The van der Waals surface area contributed by atoms with Crippen LogP contribution in [-0.2, 0) is 0 Å². The number of nitriles is 2. The quantitative estimate of drug-likeness (QED) is 0.846. The van der Waals surface area contributed by atoms with E-state index in [1.807, 2.05) is 6.07 Å². The monoisotopic (exact) mass is 375 g/mol. The van der Waals surface area contributed by atoms with E-state index in [2.05, 4.69) is 15.5 Å². The maximum Gasteiger partial charge on any atom is 0.275 e. The number of hydrogen-bond acceptors (Lipinski definition) is 6. The van der Waals surface area contributed by atoms with Crippen molar-refractivity contribution in [2.24, 2.45) is 0 Å². The standard InChI is InChI=1S/C17H14FN5O2.ClH/c18-13-7-10(1-2-11(13)8-19)15-16(14(9-20)22-23-17(15)24)25-12-3-5-21-6-4-12;/h1-2,7,12,21H,3-6H2,(H,23,24);1H. The van der Waals surface area contributed by atoms with Crippen LogP contribution in [0.15, 0.2) is 23.0 Å². The highest BCUT2D eigenvalue weighted by Gasteiger charge is 2.23. The molecule has 2 aromatic rings. The summed E-state index contributed by atoms with van der Waals surface area (Å²) in [6.45, 7) is 1.54. The van der Waals surface area contributed by atoms with E-state index >= 15 is 0 Å². The average molecular weight is 376 g/mol. The molecule has 0 spiro atoms. The van der Waals surface area contributed by atoms with E-state index in [-0.39, 0.29) is 46.6 Å². The predicted molar refractivity (Wildman–Crippen MR) is 93.4 cm³/mol. The topological polar surface area (TPSA) is 115 Å². The van der Waals surface area contributed by atoms with Crippen LogP contribution in [-0.4, -0.2) is 29.4 Å². The Morgan fingerprint density at radius 2 is 1.96 bits per heavy atom. The summed E-state index contributed by atoms with van der Waals surface area (Å²) in [7, 11) is 0. The van der Waals surface area contributed by atoms with Gasteiger partial charge in [-0.05, 0) is 43.6 Å². The largest absolute Gasteiger partial charge is 0.486 e. The van der Waals surface area contributed by atoms with Crippen molar-refractivity contribution in [3.8, 4) is 29.0 Å². The molecule has 1 fully saturated rings. The molecule has 1 saturated heterocycles. The molecule has 0 unspecified atom stereocenters. The van der Waals surface area contributed by atoms with Crippen LogP contribution in [0, 0.1) is 28.5 Å². The molecule has 134 valence electrons. The molecule has 9 heteroatoms. The fraction of sp³-hybridized carbons (Fsp3) is 0.294. The van der Waals surface area contributed by atoms with Crippen LogP contribution in [0.1, 0.15) is 24.1 Å². The molecule has 1 aliphatic heterocycles. The van der Waals surface area contributed by atoms with Gasteiger partial charge in [-0.1, -0.05) is 6.07 Å². The molecule has 0 bridgehead atoms. The van der Waals surface area contributed by atoms with Crippen molar-refractivity contribution >= 4 is 12.4 Å². The number of rotatable bonds is 3. The van der Waals surface area contributed by atoms with Crippen molar-refractivity contribution in [2.75, 3.05) is 13.1 Å². The van der Waals surface area contributed by atoms with E-state index in [0.717, 1.165) is 32.0 Å². The van der Waals surface area contributed by atoms with Crippen molar-refractivity contribution in [2.45, 2.75) is 18.9 Å². The summed E-state index contributed by atoms with van der Waals surface area (Å²) < 4.78 is 19.9. The van der Waals surface area contributed by atoms with E-state index in [9.17, 15) is 14.4 Å². The molecule has 1 aliphatic rings. The van der Waals surface area contributed by atoms with Crippen molar-refractivity contribution in [3.05, 3.63) is 45.6 Å². The van der Waals surface area contributed by atoms with Gasteiger partial charge in [-0.3, -0.25) is 4.79 Å². The van der Waals surface area contributed by atoms with Crippen LogP contribution in [0.5, 0.6) is 5.75 Å². The molecule has 2 N–H and O–H groups in total. The van der Waals surface area contributed by atoms with Gasteiger partial charge in [0, 0.05) is 0 Å². The van der Waals surface area contributed by atoms with Gasteiger partial charge in [0.2, 0.25) is 5.69 Å². The van der Waals surface area contributed by atoms with E-state index in [1.54, 1.807) is 6.07 Å². The number of aromatic amines is 1. The summed E-state index contributed by atoms with van der Waals surface area (Å²) in [5.41, 5.74) is -0.533. The van der Waals surface area contributed by atoms with Crippen molar-refractivity contribution in [1.29, 1.82) is 10.5 Å². The van der Waals surface area contributed by atoms with Gasteiger partial charge in [0.05, 0.1) is 11.1 Å². The molecular formula is C17H15ClFN5O2. The van der Waals surface area contributed by atoms with Crippen molar-refractivity contribution < 1.29 is 9.13 Å². The summed E-state index contributed by atoms with van der Waals surface area (Å²) in [5, 5.41) is 27.3. The van der Waals surface area contributed by atoms with Gasteiger partial charge in [-0.2, -0.15) is 15.6 Å². The molecule has 1 aromatic heterocycles. The average Bonchev–Trinajstić information content (AvgIpc) is 2.63. The second-order valence-electron chi connectivity index (χ2n) is 5.59. The first-order chi connectivity index (χ1) is 12.1. The zero-order valence-electron chi connectivity index (χ0n) is 13.6. The Labute approximate surface area is 154 Å². The maximum atomic E-state index is 14.0. The highest BCUT2D eigenvalue weighted by molar-refractivity contribution is 5.85. The fourth-order valence-electron chi connectivity index (χ4n) is 2.73. The number of nitrogens with one attached hydrogen (secondary N) is 2. The summed E-state index contributed by atoms with van der Waals surface area (Å²) in [4.78, 5) is 12.3. The minimum absolute atomic E-state index is 0. The smallest absolute Gasteiger partial charge is 0.275 e. The first-order valence-electron chi connectivity index (χ1n) is 7.74. The molecule has 26 heavy (non-hydrogen) atoms. The van der Waals surface area contributed by atoms with Crippen LogP contribution in [0.4, 0.5) is 4.39 Å². The van der Waals surface area contributed by atoms with Gasteiger partial charge < -0.3 is 10.1 Å². The minimum Gasteiger partial charge on any atom is -0.486 e. The Bertz CT molecular complexity index is 942. The number of halogens is 2. The lowest BCUT2D eigenvalue weighted by atomic mass is 10.0. The van der Waals surface area contributed by atoms with Gasteiger partial charge in [-0.25, -0.2) is 9.49 Å². The molecule has 0 amide bonds. The van der Waals surface area contributed by atoms with Gasteiger partial charge in [0.1, 0.15) is 24.1 Å². The van der Waals surface area contributed by atoms with Crippen LogP contribution < -0.4 is 15.6 Å². The van der Waals surface area contributed by atoms with E-state index in [1.165, 1.54) is 12.1 Å². The lowest BCUT2D eigenvalue weighted by Gasteiger charge is -2.25. The Kier molecular flexibility index (Phi) is 6.29. The van der Waals surface area contributed by atoms with Crippen LogP contribution in [0.2, 0.25) is 0 Å². The van der Waals surface area contributed by atoms with Gasteiger partial charge in [0.15, 0.2) is 5.75 Å².